The van der Waals surface area contributed by atoms with E-state index in [0.29, 0.717) is 11.5 Å². The van der Waals surface area contributed by atoms with E-state index >= 15 is 0 Å². The van der Waals surface area contributed by atoms with Gasteiger partial charge in [0.2, 0.25) is 0 Å². The molecule has 0 unspecified atom stereocenters. The number of rotatable bonds is 6. The van der Waals surface area contributed by atoms with E-state index in [0.717, 1.165) is 16.7 Å². The standard InChI is InChI=1S/C28H26O4/c1-28(2,3)24-20-23(31-26(29)18-14-21-10-6-4-7-11-21)16-17-25(24)32-27(30)19-15-22-12-8-5-9-13-22/h4-20H,1-3H3. The zero-order valence-corrected chi connectivity index (χ0v) is 18.4. The van der Waals surface area contributed by atoms with Gasteiger partial charge in [0.1, 0.15) is 11.5 Å². The van der Waals surface area contributed by atoms with Crippen LogP contribution in [0.15, 0.2) is 91.0 Å². The number of carbonyl (C=O) groups is 2. The molecule has 3 rings (SSSR count). The Bertz CT molecular complexity index is 1120. The SMILES string of the molecule is CC(C)(C)c1cc(OC(=O)C=Cc2ccccc2)ccc1OC(=O)C=Cc1ccccc1. The molecule has 0 aromatic heterocycles. The van der Waals surface area contributed by atoms with E-state index in [2.05, 4.69) is 0 Å². The zero-order chi connectivity index (χ0) is 23.0. The maximum absolute atomic E-state index is 12.3. The van der Waals surface area contributed by atoms with E-state index in [-0.39, 0.29) is 5.41 Å². The van der Waals surface area contributed by atoms with E-state index in [4.69, 9.17) is 9.47 Å². The molecule has 0 aliphatic rings. The lowest BCUT2D eigenvalue weighted by Gasteiger charge is -2.22. The van der Waals surface area contributed by atoms with Gasteiger partial charge in [-0.1, -0.05) is 81.4 Å². The maximum atomic E-state index is 12.3. The summed E-state index contributed by atoms with van der Waals surface area (Å²) in [5.74, 6) is -0.142. The van der Waals surface area contributed by atoms with E-state index in [1.807, 2.05) is 81.4 Å². The van der Waals surface area contributed by atoms with Crippen LogP contribution >= 0.6 is 0 Å². The molecule has 0 fully saturated rings. The molecule has 0 saturated carbocycles. The lowest BCUT2D eigenvalue weighted by Crippen LogP contribution is -2.16. The first-order valence-corrected chi connectivity index (χ1v) is 10.4. The molecular formula is C28H26O4. The van der Waals surface area contributed by atoms with Crippen molar-refractivity contribution in [2.45, 2.75) is 26.2 Å². The molecule has 0 saturated heterocycles. The number of hydrogen-bond acceptors (Lipinski definition) is 4. The first-order valence-electron chi connectivity index (χ1n) is 10.4. The highest BCUT2D eigenvalue weighted by molar-refractivity contribution is 5.89. The monoisotopic (exact) mass is 426 g/mol. The third-order valence-corrected chi connectivity index (χ3v) is 4.61. The normalized spacial score (nSPS) is 11.6. The highest BCUT2D eigenvalue weighted by Crippen LogP contribution is 2.34. The van der Waals surface area contributed by atoms with Crippen molar-refractivity contribution in [1.29, 1.82) is 0 Å². The minimum atomic E-state index is -0.482. The summed E-state index contributed by atoms with van der Waals surface area (Å²) in [7, 11) is 0. The molecule has 0 atom stereocenters. The van der Waals surface area contributed by atoms with Crippen molar-refractivity contribution in [2.24, 2.45) is 0 Å². The Morgan fingerprint density at radius 2 is 1.19 bits per heavy atom. The molecule has 4 heteroatoms. The molecule has 0 N–H and O–H groups in total. The maximum Gasteiger partial charge on any atom is 0.336 e. The smallest absolute Gasteiger partial charge is 0.336 e. The van der Waals surface area contributed by atoms with Crippen LogP contribution in [0.4, 0.5) is 0 Å². The number of carbonyl (C=O) groups excluding carboxylic acids is 2. The van der Waals surface area contributed by atoms with Crippen molar-refractivity contribution in [2.75, 3.05) is 0 Å². The summed E-state index contributed by atoms with van der Waals surface area (Å²) in [6, 6.07) is 24.0. The average Bonchev–Trinajstić information content (AvgIpc) is 2.78. The van der Waals surface area contributed by atoms with Gasteiger partial charge in [0.05, 0.1) is 0 Å². The van der Waals surface area contributed by atoms with Gasteiger partial charge in [-0.05, 0) is 46.9 Å². The fourth-order valence-electron chi connectivity index (χ4n) is 3.00. The molecular weight excluding hydrogens is 400 g/mol. The fraction of sp³-hybridized carbons (Fsp3) is 0.143. The van der Waals surface area contributed by atoms with E-state index in [1.54, 1.807) is 30.4 Å². The molecule has 0 amide bonds. The van der Waals surface area contributed by atoms with E-state index in [1.165, 1.54) is 12.2 Å². The Kier molecular flexibility index (Phi) is 7.40. The van der Waals surface area contributed by atoms with Crippen LogP contribution in [0, 0.1) is 0 Å². The quantitative estimate of drug-likeness (QED) is 0.267. The van der Waals surface area contributed by atoms with Crippen molar-refractivity contribution >= 4 is 24.1 Å². The Labute approximate surface area is 188 Å². The molecule has 0 radical (unpaired) electrons. The number of hydrogen-bond donors (Lipinski definition) is 0. The first kappa shape index (κ1) is 22.8. The van der Waals surface area contributed by atoms with Crippen LogP contribution in [0.2, 0.25) is 0 Å². The van der Waals surface area contributed by atoms with Crippen LogP contribution in [-0.2, 0) is 15.0 Å². The summed E-state index contributed by atoms with van der Waals surface area (Å²) >= 11 is 0. The zero-order valence-electron chi connectivity index (χ0n) is 18.4. The van der Waals surface area contributed by atoms with Gasteiger partial charge in [-0.15, -0.1) is 0 Å². The largest absolute Gasteiger partial charge is 0.423 e. The molecule has 0 aliphatic carbocycles. The Hall–Kier alpha value is -3.92. The lowest BCUT2D eigenvalue weighted by atomic mass is 9.86. The van der Waals surface area contributed by atoms with E-state index < -0.39 is 11.9 Å². The van der Waals surface area contributed by atoms with Crippen LogP contribution < -0.4 is 9.47 Å². The minimum Gasteiger partial charge on any atom is -0.423 e. The van der Waals surface area contributed by atoms with Gasteiger partial charge in [0, 0.05) is 17.7 Å². The van der Waals surface area contributed by atoms with Gasteiger partial charge >= 0.3 is 11.9 Å². The topological polar surface area (TPSA) is 52.6 Å². The Balaban J connectivity index is 1.73. The fourth-order valence-corrected chi connectivity index (χ4v) is 3.00. The summed E-state index contributed by atoms with van der Waals surface area (Å²) in [5, 5.41) is 0. The third-order valence-electron chi connectivity index (χ3n) is 4.61. The van der Waals surface area contributed by atoms with Crippen LogP contribution in [0.25, 0.3) is 12.2 Å². The minimum absolute atomic E-state index is 0.332. The molecule has 0 heterocycles. The van der Waals surface area contributed by atoms with Gasteiger partial charge in [0.25, 0.3) is 0 Å². The Morgan fingerprint density at radius 3 is 1.69 bits per heavy atom. The van der Waals surface area contributed by atoms with Crippen LogP contribution in [0.1, 0.15) is 37.5 Å². The molecule has 4 nitrogen and oxygen atoms in total. The predicted octanol–water partition coefficient (Wildman–Crippen LogP) is 6.22. The molecule has 3 aromatic rings. The third kappa shape index (κ3) is 6.81. The van der Waals surface area contributed by atoms with E-state index in [9.17, 15) is 9.59 Å². The van der Waals surface area contributed by atoms with Gasteiger partial charge in [0.15, 0.2) is 0 Å². The van der Waals surface area contributed by atoms with Crippen LogP contribution in [0.5, 0.6) is 11.5 Å². The van der Waals surface area contributed by atoms with Gasteiger partial charge < -0.3 is 9.47 Å². The molecule has 0 bridgehead atoms. The summed E-state index contributed by atoms with van der Waals surface area (Å²) in [6.07, 6.45) is 6.18. The van der Waals surface area contributed by atoms with Crippen molar-refractivity contribution in [3.63, 3.8) is 0 Å². The molecule has 0 spiro atoms. The highest BCUT2D eigenvalue weighted by Gasteiger charge is 2.21. The average molecular weight is 427 g/mol. The van der Waals surface area contributed by atoms with Crippen molar-refractivity contribution in [3.8, 4) is 11.5 Å². The van der Waals surface area contributed by atoms with Crippen LogP contribution in [0.3, 0.4) is 0 Å². The number of benzene rings is 3. The highest BCUT2D eigenvalue weighted by atomic mass is 16.5. The molecule has 162 valence electrons. The predicted molar refractivity (Wildman–Crippen MR) is 127 cm³/mol. The van der Waals surface area contributed by atoms with Crippen molar-refractivity contribution < 1.29 is 19.1 Å². The summed E-state index contributed by atoms with van der Waals surface area (Å²) in [5.41, 5.74) is 2.24. The van der Waals surface area contributed by atoms with Gasteiger partial charge in [-0.2, -0.15) is 0 Å². The number of ether oxygens (including phenoxy) is 2. The molecule has 32 heavy (non-hydrogen) atoms. The van der Waals surface area contributed by atoms with Gasteiger partial charge in [-0.25, -0.2) is 9.59 Å². The summed E-state index contributed by atoms with van der Waals surface area (Å²) in [4.78, 5) is 24.6. The first-order chi connectivity index (χ1) is 15.3. The second kappa shape index (κ2) is 10.4. The second-order valence-corrected chi connectivity index (χ2v) is 8.24. The van der Waals surface area contributed by atoms with Crippen molar-refractivity contribution in [1.82, 2.24) is 0 Å². The molecule has 0 aliphatic heterocycles. The lowest BCUT2D eigenvalue weighted by molar-refractivity contribution is -0.130. The second-order valence-electron chi connectivity index (χ2n) is 8.24. The summed E-state index contributed by atoms with van der Waals surface area (Å²) in [6.45, 7) is 6.00. The number of esters is 2. The van der Waals surface area contributed by atoms with Crippen LogP contribution in [-0.4, -0.2) is 11.9 Å². The van der Waals surface area contributed by atoms with Gasteiger partial charge in [-0.3, -0.25) is 0 Å². The summed E-state index contributed by atoms with van der Waals surface area (Å²) < 4.78 is 11.0. The Morgan fingerprint density at radius 1 is 0.688 bits per heavy atom. The molecule has 3 aromatic carbocycles. The van der Waals surface area contributed by atoms with Crippen molar-refractivity contribution in [3.05, 3.63) is 108 Å².